The van der Waals surface area contributed by atoms with Gasteiger partial charge in [-0.25, -0.2) is 8.42 Å². The summed E-state index contributed by atoms with van der Waals surface area (Å²) in [6.07, 6.45) is 0. The molecule has 0 bridgehead atoms. The van der Waals surface area contributed by atoms with E-state index in [9.17, 15) is 13.2 Å². The average molecular weight is 500 g/mol. The van der Waals surface area contributed by atoms with Gasteiger partial charge in [-0.3, -0.25) is 9.10 Å². The number of carbonyl (C=O) groups excluding carboxylic acids is 1. The fourth-order valence-corrected chi connectivity index (χ4v) is 4.67. The third kappa shape index (κ3) is 5.62. The number of amides is 1. The lowest BCUT2D eigenvalue weighted by Gasteiger charge is -2.24. The minimum Gasteiger partial charge on any atom is -0.495 e. The van der Waals surface area contributed by atoms with Gasteiger partial charge in [-0.15, -0.1) is 0 Å². The molecule has 0 radical (unpaired) electrons. The maximum atomic E-state index is 13.3. The van der Waals surface area contributed by atoms with Crippen molar-refractivity contribution in [3.05, 3.63) is 81.8 Å². The van der Waals surface area contributed by atoms with Crippen molar-refractivity contribution < 1.29 is 17.9 Å². The lowest BCUT2D eigenvalue weighted by molar-refractivity contribution is -0.114. The van der Waals surface area contributed by atoms with Crippen LogP contribution >= 0.6 is 34.8 Å². The molecule has 3 aromatic rings. The number of ether oxygens (including phenoxy) is 1. The van der Waals surface area contributed by atoms with Crippen LogP contribution in [-0.4, -0.2) is 28.0 Å². The van der Waals surface area contributed by atoms with Crippen LogP contribution in [0.15, 0.2) is 71.6 Å². The highest BCUT2D eigenvalue weighted by molar-refractivity contribution is 7.92. The Hall–Kier alpha value is -2.45. The minimum atomic E-state index is -4.10. The Morgan fingerprint density at radius 2 is 1.58 bits per heavy atom. The van der Waals surface area contributed by atoms with E-state index in [1.807, 2.05) is 0 Å². The molecular formula is C21H17Cl3N2O4S. The smallest absolute Gasteiger partial charge is 0.264 e. The molecular weight excluding hydrogens is 483 g/mol. The molecule has 0 aliphatic rings. The number of benzene rings is 3. The van der Waals surface area contributed by atoms with Crippen molar-refractivity contribution in [3.8, 4) is 5.75 Å². The zero-order chi connectivity index (χ0) is 22.6. The van der Waals surface area contributed by atoms with E-state index in [2.05, 4.69) is 5.32 Å². The summed E-state index contributed by atoms with van der Waals surface area (Å²) >= 11 is 17.9. The number of sulfonamides is 1. The summed E-state index contributed by atoms with van der Waals surface area (Å²) in [5.74, 6) is -0.217. The van der Waals surface area contributed by atoms with Gasteiger partial charge in [0.2, 0.25) is 5.91 Å². The maximum Gasteiger partial charge on any atom is 0.264 e. The first-order valence-corrected chi connectivity index (χ1v) is 11.5. The Balaban J connectivity index is 1.97. The van der Waals surface area contributed by atoms with Crippen LogP contribution in [0, 0.1) is 0 Å². The standard InChI is InChI=1S/C21H17Cl3N2O4S/c1-30-20-10-7-16(24)12-19(20)25-21(27)13-26(17-4-2-3-15(23)11-17)31(28,29)18-8-5-14(22)6-9-18/h2-12H,13H2,1H3,(H,25,27). The largest absolute Gasteiger partial charge is 0.495 e. The molecule has 0 spiro atoms. The first kappa shape index (κ1) is 23.2. The third-order valence-corrected chi connectivity index (χ3v) is 6.73. The molecule has 0 aliphatic carbocycles. The second-order valence-corrected chi connectivity index (χ2v) is 9.51. The molecule has 1 amide bonds. The average Bonchev–Trinajstić information content (AvgIpc) is 2.72. The van der Waals surface area contributed by atoms with Crippen LogP contribution in [0.25, 0.3) is 0 Å². The fourth-order valence-electron chi connectivity index (χ4n) is 2.78. The maximum absolute atomic E-state index is 13.3. The first-order chi connectivity index (χ1) is 14.7. The number of hydrogen-bond acceptors (Lipinski definition) is 4. The number of nitrogens with one attached hydrogen (secondary N) is 1. The van der Waals surface area contributed by atoms with Crippen LogP contribution in [0.2, 0.25) is 15.1 Å². The van der Waals surface area contributed by atoms with Crippen LogP contribution in [0.5, 0.6) is 5.75 Å². The van der Waals surface area contributed by atoms with E-state index in [1.54, 1.807) is 30.3 Å². The topological polar surface area (TPSA) is 75.7 Å². The lowest BCUT2D eigenvalue weighted by Crippen LogP contribution is -2.38. The lowest BCUT2D eigenvalue weighted by atomic mass is 10.3. The van der Waals surface area contributed by atoms with Gasteiger partial charge in [-0.05, 0) is 60.7 Å². The van der Waals surface area contributed by atoms with Crippen molar-refractivity contribution in [2.45, 2.75) is 4.90 Å². The van der Waals surface area contributed by atoms with Gasteiger partial charge in [-0.1, -0.05) is 40.9 Å². The molecule has 0 heterocycles. The van der Waals surface area contributed by atoms with E-state index < -0.39 is 22.5 Å². The molecule has 1 N–H and O–H groups in total. The van der Waals surface area contributed by atoms with Crippen molar-refractivity contribution >= 4 is 62.1 Å². The van der Waals surface area contributed by atoms with Crippen molar-refractivity contribution in [2.75, 3.05) is 23.3 Å². The van der Waals surface area contributed by atoms with Gasteiger partial charge in [0.1, 0.15) is 12.3 Å². The Bertz CT molecular complexity index is 1200. The molecule has 31 heavy (non-hydrogen) atoms. The van der Waals surface area contributed by atoms with Crippen molar-refractivity contribution in [3.63, 3.8) is 0 Å². The first-order valence-electron chi connectivity index (χ1n) is 8.88. The summed E-state index contributed by atoms with van der Waals surface area (Å²) in [5.41, 5.74) is 0.547. The van der Waals surface area contributed by atoms with Gasteiger partial charge in [0.15, 0.2) is 0 Å². The number of carbonyl (C=O) groups is 1. The third-order valence-electron chi connectivity index (χ3n) is 4.22. The van der Waals surface area contributed by atoms with Gasteiger partial charge < -0.3 is 10.1 Å². The zero-order valence-electron chi connectivity index (χ0n) is 16.2. The van der Waals surface area contributed by atoms with E-state index in [0.29, 0.717) is 26.5 Å². The summed E-state index contributed by atoms with van der Waals surface area (Å²) < 4.78 is 32.9. The van der Waals surface area contributed by atoms with Crippen molar-refractivity contribution in [2.24, 2.45) is 0 Å². The Morgan fingerprint density at radius 3 is 2.23 bits per heavy atom. The fraction of sp³-hybridized carbons (Fsp3) is 0.0952. The van der Waals surface area contributed by atoms with E-state index >= 15 is 0 Å². The van der Waals surface area contributed by atoms with Gasteiger partial charge in [-0.2, -0.15) is 0 Å². The SMILES string of the molecule is COc1ccc(Cl)cc1NC(=O)CN(c1cccc(Cl)c1)S(=O)(=O)c1ccc(Cl)cc1. The molecule has 0 aromatic heterocycles. The molecule has 0 aliphatic heterocycles. The number of methoxy groups -OCH3 is 1. The van der Waals surface area contributed by atoms with E-state index in [4.69, 9.17) is 39.5 Å². The number of halogens is 3. The Labute approximate surface area is 195 Å². The van der Waals surface area contributed by atoms with Crippen LogP contribution < -0.4 is 14.4 Å². The molecule has 0 fully saturated rings. The normalized spacial score (nSPS) is 11.1. The predicted octanol–water partition coefficient (Wildman–Crippen LogP) is 5.49. The highest BCUT2D eigenvalue weighted by Crippen LogP contribution is 2.29. The van der Waals surface area contributed by atoms with E-state index in [1.165, 1.54) is 43.5 Å². The number of nitrogens with zero attached hydrogens (tertiary/aromatic N) is 1. The van der Waals surface area contributed by atoms with Crippen molar-refractivity contribution in [1.29, 1.82) is 0 Å². The molecule has 0 unspecified atom stereocenters. The zero-order valence-corrected chi connectivity index (χ0v) is 19.3. The Kier molecular flexibility index (Phi) is 7.33. The second-order valence-electron chi connectivity index (χ2n) is 6.34. The monoisotopic (exact) mass is 498 g/mol. The van der Waals surface area contributed by atoms with Gasteiger partial charge in [0.05, 0.1) is 23.4 Å². The molecule has 6 nitrogen and oxygen atoms in total. The molecule has 0 saturated carbocycles. The number of anilines is 2. The second kappa shape index (κ2) is 9.78. The highest BCUT2D eigenvalue weighted by atomic mass is 35.5. The summed E-state index contributed by atoms with van der Waals surface area (Å²) in [6, 6.07) is 16.6. The van der Waals surface area contributed by atoms with Gasteiger partial charge in [0.25, 0.3) is 10.0 Å². The van der Waals surface area contributed by atoms with Crippen molar-refractivity contribution in [1.82, 2.24) is 0 Å². The quantitative estimate of drug-likeness (QED) is 0.466. The molecule has 162 valence electrons. The number of hydrogen-bond donors (Lipinski definition) is 1. The van der Waals surface area contributed by atoms with Crippen LogP contribution in [0.3, 0.4) is 0 Å². The predicted molar refractivity (Wildman–Crippen MR) is 124 cm³/mol. The summed E-state index contributed by atoms with van der Waals surface area (Å²) in [6.45, 7) is -0.513. The van der Waals surface area contributed by atoms with E-state index in [-0.39, 0.29) is 10.6 Å². The van der Waals surface area contributed by atoms with E-state index in [0.717, 1.165) is 4.31 Å². The molecule has 0 atom stereocenters. The minimum absolute atomic E-state index is 0.0231. The van der Waals surface area contributed by atoms with Crippen LogP contribution in [-0.2, 0) is 14.8 Å². The Morgan fingerprint density at radius 1 is 0.935 bits per heavy atom. The summed E-state index contributed by atoms with van der Waals surface area (Å²) in [7, 11) is -2.65. The van der Waals surface area contributed by atoms with Gasteiger partial charge >= 0.3 is 0 Å². The summed E-state index contributed by atoms with van der Waals surface area (Å²) in [4.78, 5) is 12.8. The summed E-state index contributed by atoms with van der Waals surface area (Å²) in [5, 5.41) is 3.74. The molecule has 3 aromatic carbocycles. The molecule has 0 saturated heterocycles. The molecule has 3 rings (SSSR count). The van der Waals surface area contributed by atoms with Crippen LogP contribution in [0.1, 0.15) is 0 Å². The molecule has 10 heteroatoms. The van der Waals surface area contributed by atoms with Gasteiger partial charge in [0, 0.05) is 15.1 Å². The van der Waals surface area contributed by atoms with Crippen LogP contribution in [0.4, 0.5) is 11.4 Å². The number of rotatable bonds is 7. The highest BCUT2D eigenvalue weighted by Gasteiger charge is 2.27.